The molecule has 0 radical (unpaired) electrons. The van der Waals surface area contributed by atoms with Gasteiger partial charge >= 0.3 is 10.1 Å². The molecule has 0 fully saturated rings. The fraction of sp³-hybridized carbons (Fsp3) is 0.0769. The number of hydrogen-bond acceptors (Lipinski definition) is 3. The van der Waals surface area contributed by atoms with E-state index in [1.54, 1.807) is 6.92 Å². The lowest BCUT2D eigenvalue weighted by atomic mass is 10.2. The molecule has 7 heteroatoms. The molecular formula is C13H9ClF2O3S. The van der Waals surface area contributed by atoms with Crippen LogP contribution in [0.5, 0.6) is 5.75 Å². The molecule has 3 nitrogen and oxygen atoms in total. The van der Waals surface area contributed by atoms with Gasteiger partial charge in [-0.15, -0.1) is 0 Å². The van der Waals surface area contributed by atoms with Gasteiger partial charge in [-0.3, -0.25) is 0 Å². The summed E-state index contributed by atoms with van der Waals surface area (Å²) in [6, 6.07) is 6.55. The van der Waals surface area contributed by atoms with Gasteiger partial charge in [0, 0.05) is 6.07 Å². The summed E-state index contributed by atoms with van der Waals surface area (Å²) in [5.41, 5.74) is 0.766. The summed E-state index contributed by atoms with van der Waals surface area (Å²) >= 11 is 5.83. The molecule has 0 aromatic heterocycles. The number of aryl methyl sites for hydroxylation is 1. The minimum atomic E-state index is -4.29. The van der Waals surface area contributed by atoms with Crippen molar-refractivity contribution in [2.45, 2.75) is 11.8 Å². The molecular weight excluding hydrogens is 310 g/mol. The zero-order chi connectivity index (χ0) is 14.9. The first-order valence-corrected chi connectivity index (χ1v) is 7.24. The molecule has 0 saturated carbocycles. The fourth-order valence-electron chi connectivity index (χ4n) is 1.51. The van der Waals surface area contributed by atoms with Gasteiger partial charge in [-0.2, -0.15) is 8.42 Å². The van der Waals surface area contributed by atoms with E-state index in [1.165, 1.54) is 18.2 Å². The van der Waals surface area contributed by atoms with E-state index >= 15 is 0 Å². The summed E-state index contributed by atoms with van der Waals surface area (Å²) in [6.45, 7) is 1.74. The lowest BCUT2D eigenvalue weighted by Gasteiger charge is -2.09. The molecule has 0 heterocycles. The van der Waals surface area contributed by atoms with Crippen LogP contribution in [0.2, 0.25) is 5.02 Å². The van der Waals surface area contributed by atoms with E-state index < -0.39 is 27.5 Å². The molecule has 2 rings (SSSR count). The summed E-state index contributed by atoms with van der Waals surface area (Å²) in [4.78, 5) is -0.284. The van der Waals surface area contributed by atoms with Crippen LogP contribution in [-0.2, 0) is 10.1 Å². The van der Waals surface area contributed by atoms with Gasteiger partial charge in [0.15, 0.2) is 11.6 Å². The summed E-state index contributed by atoms with van der Waals surface area (Å²) < 4.78 is 54.8. The number of hydrogen-bond donors (Lipinski definition) is 0. The standard InChI is InChI=1S/C13H9ClF2O3S/c1-8-2-5-13(10(14)6-8)20(17,18)19-12-4-3-9(15)7-11(12)16/h2-7H,1H3. The topological polar surface area (TPSA) is 43.4 Å². The van der Waals surface area contributed by atoms with Crippen LogP contribution in [0.15, 0.2) is 41.3 Å². The van der Waals surface area contributed by atoms with E-state index in [0.29, 0.717) is 6.07 Å². The van der Waals surface area contributed by atoms with Crippen molar-refractivity contribution in [3.63, 3.8) is 0 Å². The SMILES string of the molecule is Cc1ccc(S(=O)(=O)Oc2ccc(F)cc2F)c(Cl)c1. The van der Waals surface area contributed by atoms with Crippen molar-refractivity contribution in [1.29, 1.82) is 0 Å². The second-order valence-electron chi connectivity index (χ2n) is 4.05. The Bertz CT molecular complexity index is 760. The molecule has 20 heavy (non-hydrogen) atoms. The molecule has 0 unspecified atom stereocenters. The minimum absolute atomic E-state index is 0.0347. The van der Waals surface area contributed by atoms with Crippen LogP contribution < -0.4 is 4.18 Å². The van der Waals surface area contributed by atoms with E-state index in [4.69, 9.17) is 11.6 Å². The van der Waals surface area contributed by atoms with Gasteiger partial charge < -0.3 is 4.18 Å². The van der Waals surface area contributed by atoms with E-state index in [2.05, 4.69) is 4.18 Å². The van der Waals surface area contributed by atoms with Crippen molar-refractivity contribution < 1.29 is 21.4 Å². The van der Waals surface area contributed by atoms with Crippen molar-refractivity contribution in [1.82, 2.24) is 0 Å². The lowest BCUT2D eigenvalue weighted by molar-refractivity contribution is 0.457. The van der Waals surface area contributed by atoms with Gasteiger partial charge in [0.05, 0.1) is 5.02 Å². The van der Waals surface area contributed by atoms with E-state index in [-0.39, 0.29) is 9.92 Å². The number of halogens is 3. The maximum Gasteiger partial charge on any atom is 0.340 e. The maximum atomic E-state index is 13.4. The van der Waals surface area contributed by atoms with Crippen molar-refractivity contribution >= 4 is 21.7 Å². The average Bonchev–Trinajstić information content (AvgIpc) is 2.32. The molecule has 0 N–H and O–H groups in total. The van der Waals surface area contributed by atoms with Crippen LogP contribution in [0.3, 0.4) is 0 Å². The first-order valence-electron chi connectivity index (χ1n) is 5.45. The van der Waals surface area contributed by atoms with E-state index in [1.807, 2.05) is 0 Å². The zero-order valence-electron chi connectivity index (χ0n) is 10.2. The van der Waals surface area contributed by atoms with Crippen LogP contribution in [0.4, 0.5) is 8.78 Å². The monoisotopic (exact) mass is 318 g/mol. The second kappa shape index (κ2) is 5.38. The normalized spacial score (nSPS) is 11.4. The average molecular weight is 319 g/mol. The first-order chi connectivity index (χ1) is 9.29. The van der Waals surface area contributed by atoms with Crippen molar-refractivity contribution in [3.05, 3.63) is 58.6 Å². The Labute approximate surface area is 119 Å². The Kier molecular flexibility index (Phi) is 3.96. The molecule has 0 aliphatic carbocycles. The van der Waals surface area contributed by atoms with Gasteiger partial charge in [0.2, 0.25) is 0 Å². The molecule has 0 aliphatic heterocycles. The smallest absolute Gasteiger partial charge is 0.340 e. The third-order valence-electron chi connectivity index (χ3n) is 2.45. The van der Waals surface area contributed by atoms with Crippen molar-refractivity contribution in [2.75, 3.05) is 0 Å². The molecule has 2 aromatic carbocycles. The highest BCUT2D eigenvalue weighted by atomic mass is 35.5. The molecule has 106 valence electrons. The molecule has 2 aromatic rings. The van der Waals surface area contributed by atoms with Crippen LogP contribution >= 0.6 is 11.6 Å². The van der Waals surface area contributed by atoms with Gasteiger partial charge in [-0.05, 0) is 36.8 Å². The quantitative estimate of drug-likeness (QED) is 0.811. The summed E-state index contributed by atoms with van der Waals surface area (Å²) in [5.74, 6) is -2.54. The highest BCUT2D eigenvalue weighted by Gasteiger charge is 2.22. The molecule has 0 bridgehead atoms. The van der Waals surface area contributed by atoms with Crippen LogP contribution in [0, 0.1) is 18.6 Å². The molecule has 0 atom stereocenters. The largest absolute Gasteiger partial charge is 0.376 e. The maximum absolute atomic E-state index is 13.4. The number of benzene rings is 2. The number of rotatable bonds is 3. The Hall–Kier alpha value is -1.66. The minimum Gasteiger partial charge on any atom is -0.376 e. The van der Waals surface area contributed by atoms with Crippen LogP contribution in [-0.4, -0.2) is 8.42 Å². The summed E-state index contributed by atoms with van der Waals surface area (Å²) in [7, 11) is -4.29. The molecule has 0 saturated heterocycles. The van der Waals surface area contributed by atoms with Gasteiger partial charge in [0.1, 0.15) is 10.7 Å². The second-order valence-corrected chi connectivity index (χ2v) is 5.97. The van der Waals surface area contributed by atoms with Gasteiger partial charge in [-0.1, -0.05) is 17.7 Å². The first kappa shape index (κ1) is 14.7. The van der Waals surface area contributed by atoms with Crippen molar-refractivity contribution in [2.24, 2.45) is 0 Å². The summed E-state index contributed by atoms with van der Waals surface area (Å²) in [5, 5.41) is -0.0347. The van der Waals surface area contributed by atoms with Crippen LogP contribution in [0.25, 0.3) is 0 Å². The molecule has 0 amide bonds. The highest BCUT2D eigenvalue weighted by Crippen LogP contribution is 2.27. The Morgan fingerprint density at radius 1 is 1.10 bits per heavy atom. The Morgan fingerprint density at radius 2 is 1.80 bits per heavy atom. The fourth-order valence-corrected chi connectivity index (χ4v) is 3.03. The van der Waals surface area contributed by atoms with E-state index in [9.17, 15) is 17.2 Å². The lowest BCUT2D eigenvalue weighted by Crippen LogP contribution is -2.11. The third-order valence-corrected chi connectivity index (χ3v) is 4.17. The Morgan fingerprint density at radius 3 is 2.40 bits per heavy atom. The predicted octanol–water partition coefficient (Wildman–Crippen LogP) is 3.69. The van der Waals surface area contributed by atoms with Gasteiger partial charge in [0.25, 0.3) is 0 Å². The zero-order valence-corrected chi connectivity index (χ0v) is 11.8. The molecule has 0 spiro atoms. The van der Waals surface area contributed by atoms with Crippen molar-refractivity contribution in [3.8, 4) is 5.75 Å². The Balaban J connectivity index is 2.41. The van der Waals surface area contributed by atoms with Crippen LogP contribution in [0.1, 0.15) is 5.56 Å². The third kappa shape index (κ3) is 3.08. The summed E-state index contributed by atoms with van der Waals surface area (Å²) in [6.07, 6.45) is 0. The van der Waals surface area contributed by atoms with Gasteiger partial charge in [-0.25, -0.2) is 8.78 Å². The molecule has 0 aliphatic rings. The van der Waals surface area contributed by atoms with E-state index in [0.717, 1.165) is 17.7 Å². The predicted molar refractivity (Wildman–Crippen MR) is 70.4 cm³/mol. The highest BCUT2D eigenvalue weighted by molar-refractivity contribution is 7.87.